The molecule has 0 aromatic heterocycles. The fourth-order valence-electron chi connectivity index (χ4n) is 3.57. The molecule has 0 saturated carbocycles. The first-order valence-corrected chi connectivity index (χ1v) is 9.41. The maximum atomic E-state index is 12.8. The number of hydrogen-bond acceptors (Lipinski definition) is 5. The zero-order valence-corrected chi connectivity index (χ0v) is 17.0. The van der Waals surface area contributed by atoms with Gasteiger partial charge in [-0.05, 0) is 38.2 Å². The van der Waals surface area contributed by atoms with Gasteiger partial charge in [-0.15, -0.1) is 0 Å². The van der Waals surface area contributed by atoms with E-state index >= 15 is 0 Å². The zero-order chi connectivity index (χ0) is 19.1. The molecule has 0 spiro atoms. The lowest BCUT2D eigenvalue weighted by atomic mass is 9.79. The quantitative estimate of drug-likeness (QED) is 0.581. The molecule has 0 unspecified atom stereocenters. The number of nitrogens with zero attached hydrogens (tertiary/aromatic N) is 1. The minimum absolute atomic E-state index is 0.268. The van der Waals surface area contributed by atoms with Crippen LogP contribution in [0.15, 0.2) is 12.1 Å². The van der Waals surface area contributed by atoms with E-state index in [0.29, 0.717) is 39.6 Å². The first-order valence-electron chi connectivity index (χ1n) is 8.25. The van der Waals surface area contributed by atoms with E-state index in [1.165, 1.54) is 0 Å². The van der Waals surface area contributed by atoms with Gasteiger partial charge in [0.05, 0.1) is 24.3 Å². The highest BCUT2D eigenvalue weighted by Gasteiger charge is 2.59. The van der Waals surface area contributed by atoms with Crippen molar-refractivity contribution >= 4 is 46.5 Å². The molecule has 2 aliphatic rings. The van der Waals surface area contributed by atoms with Crippen LogP contribution in [-0.4, -0.2) is 48.6 Å². The van der Waals surface area contributed by atoms with E-state index in [4.69, 9.17) is 49.6 Å². The van der Waals surface area contributed by atoms with Gasteiger partial charge in [0, 0.05) is 24.2 Å². The molecular weight excluding hydrogens is 399 g/mol. The number of fused-ring (bicyclic) bond motifs is 4. The summed E-state index contributed by atoms with van der Waals surface area (Å²) in [7, 11) is 1.60. The Morgan fingerprint density at radius 2 is 2.19 bits per heavy atom. The Hall–Kier alpha value is -1.28. The van der Waals surface area contributed by atoms with Crippen LogP contribution in [0, 0.1) is 5.92 Å². The van der Waals surface area contributed by atoms with Crippen LogP contribution in [0.3, 0.4) is 0 Å². The summed E-state index contributed by atoms with van der Waals surface area (Å²) in [5.74, 6) is -0.547. The molecule has 2 bridgehead atoms. The lowest BCUT2D eigenvalue weighted by Crippen LogP contribution is -2.71. The summed E-state index contributed by atoms with van der Waals surface area (Å²) in [4.78, 5) is 14.6. The van der Waals surface area contributed by atoms with Crippen molar-refractivity contribution in [3.8, 4) is 5.75 Å². The Balaban J connectivity index is 2.14. The van der Waals surface area contributed by atoms with Crippen molar-refractivity contribution in [3.63, 3.8) is 0 Å². The van der Waals surface area contributed by atoms with Gasteiger partial charge in [-0.2, -0.15) is 0 Å². The first kappa shape index (κ1) is 19.5. The second-order valence-electron chi connectivity index (χ2n) is 6.26. The van der Waals surface area contributed by atoms with E-state index in [1.54, 1.807) is 31.1 Å². The molecule has 0 aliphatic carbocycles. The molecule has 0 amide bonds. The van der Waals surface area contributed by atoms with E-state index in [2.05, 4.69) is 5.32 Å². The predicted octanol–water partition coefficient (Wildman–Crippen LogP) is 3.16. The van der Waals surface area contributed by atoms with Crippen molar-refractivity contribution in [3.05, 3.63) is 27.7 Å². The summed E-state index contributed by atoms with van der Waals surface area (Å²) < 4.78 is 16.8. The largest absolute Gasteiger partial charge is 0.466 e. The number of esters is 1. The molecule has 6 nitrogen and oxygen atoms in total. The molecule has 1 aromatic rings. The van der Waals surface area contributed by atoms with Crippen LogP contribution >= 0.6 is 35.4 Å². The number of halogens is 2. The van der Waals surface area contributed by atoms with E-state index in [1.807, 2.05) is 6.92 Å². The van der Waals surface area contributed by atoms with Crippen LogP contribution < -0.4 is 10.1 Å². The lowest BCUT2D eigenvalue weighted by molar-refractivity contribution is -0.176. The Morgan fingerprint density at radius 3 is 2.85 bits per heavy atom. The molecule has 0 radical (unpaired) electrons. The number of methoxy groups -OCH3 is 1. The summed E-state index contributed by atoms with van der Waals surface area (Å²) in [5, 5.41) is 4.54. The van der Waals surface area contributed by atoms with Crippen LogP contribution in [0.4, 0.5) is 0 Å². The highest BCUT2D eigenvalue weighted by molar-refractivity contribution is 7.80. The zero-order valence-electron chi connectivity index (χ0n) is 14.7. The molecule has 2 aliphatic heterocycles. The standard InChI is InChI=1S/C17H20Cl2N2O4S/c1-4-24-15(22)12-13-10-7-9(18)8-11(19)14(10)25-17(12,2)21(5-6-23-3)16(26)20-13/h7-8,12-13H,4-6H2,1-3H3,(H,20,26)/t12-,13-,17+/m1/s1. The Labute approximate surface area is 167 Å². The molecule has 1 saturated heterocycles. The Kier molecular flexibility index (Phi) is 5.53. The van der Waals surface area contributed by atoms with Crippen molar-refractivity contribution in [2.75, 3.05) is 26.9 Å². The van der Waals surface area contributed by atoms with Crippen molar-refractivity contribution in [1.29, 1.82) is 0 Å². The van der Waals surface area contributed by atoms with Crippen LogP contribution in [-0.2, 0) is 14.3 Å². The van der Waals surface area contributed by atoms with Gasteiger partial charge in [-0.25, -0.2) is 0 Å². The molecule has 1 N–H and O–H groups in total. The second kappa shape index (κ2) is 7.38. The highest BCUT2D eigenvalue weighted by Crippen LogP contribution is 2.51. The third-order valence-corrected chi connectivity index (χ3v) is 5.55. The molecule has 3 atom stereocenters. The molecule has 3 rings (SSSR count). The summed E-state index contributed by atoms with van der Waals surface area (Å²) in [6.07, 6.45) is 0. The van der Waals surface area contributed by atoms with Gasteiger partial charge in [0.2, 0.25) is 0 Å². The van der Waals surface area contributed by atoms with Crippen molar-refractivity contribution in [2.45, 2.75) is 25.6 Å². The van der Waals surface area contributed by atoms with Crippen LogP contribution in [0.1, 0.15) is 25.5 Å². The average Bonchev–Trinajstić information content (AvgIpc) is 2.56. The minimum Gasteiger partial charge on any atom is -0.466 e. The first-order chi connectivity index (χ1) is 12.3. The Bertz CT molecular complexity index is 748. The fraction of sp³-hybridized carbons (Fsp3) is 0.529. The number of nitrogens with one attached hydrogen (secondary N) is 1. The third kappa shape index (κ3) is 3.11. The third-order valence-electron chi connectivity index (χ3n) is 4.71. The van der Waals surface area contributed by atoms with Crippen molar-refractivity contribution in [2.24, 2.45) is 5.92 Å². The van der Waals surface area contributed by atoms with Gasteiger partial charge in [-0.1, -0.05) is 23.2 Å². The van der Waals surface area contributed by atoms with E-state index in [0.717, 1.165) is 0 Å². The van der Waals surface area contributed by atoms with E-state index in [-0.39, 0.29) is 12.6 Å². The van der Waals surface area contributed by atoms with Gasteiger partial charge >= 0.3 is 5.97 Å². The second-order valence-corrected chi connectivity index (χ2v) is 7.49. The highest BCUT2D eigenvalue weighted by atomic mass is 35.5. The number of thiocarbonyl (C=S) groups is 1. The summed E-state index contributed by atoms with van der Waals surface area (Å²) in [6, 6.07) is 2.90. The van der Waals surface area contributed by atoms with Gasteiger partial charge < -0.3 is 24.4 Å². The van der Waals surface area contributed by atoms with Crippen LogP contribution in [0.2, 0.25) is 10.0 Å². The minimum atomic E-state index is -1.07. The summed E-state index contributed by atoms with van der Waals surface area (Å²) >= 11 is 18.1. The molecule has 142 valence electrons. The fourth-order valence-corrected chi connectivity index (χ4v) is 4.51. The van der Waals surface area contributed by atoms with Crippen LogP contribution in [0.25, 0.3) is 0 Å². The van der Waals surface area contributed by atoms with Gasteiger partial charge in [0.25, 0.3) is 0 Å². The van der Waals surface area contributed by atoms with Crippen molar-refractivity contribution < 1.29 is 19.0 Å². The van der Waals surface area contributed by atoms with Gasteiger partial charge in [-0.3, -0.25) is 4.79 Å². The number of benzene rings is 1. The van der Waals surface area contributed by atoms with E-state index < -0.39 is 17.7 Å². The monoisotopic (exact) mass is 418 g/mol. The maximum Gasteiger partial charge on any atom is 0.317 e. The molecule has 1 aromatic carbocycles. The topological polar surface area (TPSA) is 60.0 Å². The molecular formula is C17H20Cl2N2O4S. The summed E-state index contributed by atoms with van der Waals surface area (Å²) in [6.45, 7) is 4.72. The predicted molar refractivity (Wildman–Crippen MR) is 103 cm³/mol. The SMILES string of the molecule is CCOC(=O)[C@H]1[C@@H]2NC(=S)N(CCOC)[C@@]1(C)Oc1c(Cl)cc(Cl)cc12. The number of rotatable bonds is 5. The number of ether oxygens (including phenoxy) is 3. The molecule has 2 heterocycles. The number of carbonyl (C=O) groups is 1. The number of carbonyl (C=O) groups excluding carboxylic acids is 1. The molecule has 26 heavy (non-hydrogen) atoms. The van der Waals surface area contributed by atoms with Gasteiger partial charge in [0.1, 0.15) is 11.7 Å². The molecule has 1 fully saturated rings. The van der Waals surface area contributed by atoms with E-state index in [9.17, 15) is 4.79 Å². The molecule has 9 heteroatoms. The smallest absolute Gasteiger partial charge is 0.317 e. The van der Waals surface area contributed by atoms with Crippen LogP contribution in [0.5, 0.6) is 5.75 Å². The lowest BCUT2D eigenvalue weighted by Gasteiger charge is -2.55. The average molecular weight is 419 g/mol. The van der Waals surface area contributed by atoms with Crippen molar-refractivity contribution in [1.82, 2.24) is 10.2 Å². The van der Waals surface area contributed by atoms with Gasteiger partial charge in [0.15, 0.2) is 10.8 Å². The maximum absolute atomic E-state index is 12.8. The Morgan fingerprint density at radius 1 is 1.46 bits per heavy atom. The normalized spacial score (nSPS) is 26.7. The number of hydrogen-bond donors (Lipinski definition) is 1. The summed E-state index contributed by atoms with van der Waals surface area (Å²) in [5.41, 5.74) is -0.380.